The maximum absolute atomic E-state index is 13.4. The third-order valence-corrected chi connectivity index (χ3v) is 7.34. The van der Waals surface area contributed by atoms with Crippen molar-refractivity contribution in [2.75, 3.05) is 22.9 Å². The quantitative estimate of drug-likeness (QED) is 0.559. The number of aromatic nitrogens is 3. The Hall–Kier alpha value is -3.15. The predicted octanol–water partition coefficient (Wildman–Crippen LogP) is 5.15. The number of rotatable bonds is 4. The first-order chi connectivity index (χ1) is 16.1. The molecule has 0 radical (unpaired) electrons. The van der Waals surface area contributed by atoms with Crippen molar-refractivity contribution in [3.8, 4) is 11.4 Å². The van der Waals surface area contributed by atoms with Gasteiger partial charge in [0, 0.05) is 48.7 Å². The van der Waals surface area contributed by atoms with Gasteiger partial charge in [-0.3, -0.25) is 4.79 Å². The van der Waals surface area contributed by atoms with Crippen molar-refractivity contribution in [1.29, 1.82) is 0 Å². The van der Waals surface area contributed by atoms with Crippen LogP contribution < -0.4 is 9.80 Å². The average Bonchev–Trinajstić information content (AvgIpc) is 3.20. The van der Waals surface area contributed by atoms with Gasteiger partial charge in [-0.25, -0.2) is 0 Å². The number of carbonyl (C=O) groups excluding carboxylic acids is 1. The summed E-state index contributed by atoms with van der Waals surface area (Å²) in [6.07, 6.45) is 7.09. The average molecular weight is 444 g/mol. The molecule has 2 aliphatic rings. The minimum absolute atomic E-state index is 0.0637. The van der Waals surface area contributed by atoms with Gasteiger partial charge in [0.05, 0.1) is 0 Å². The van der Waals surface area contributed by atoms with Gasteiger partial charge in [0.15, 0.2) is 5.82 Å². The van der Waals surface area contributed by atoms with E-state index in [9.17, 15) is 4.79 Å². The molecule has 1 atom stereocenters. The van der Waals surface area contributed by atoms with E-state index in [2.05, 4.69) is 40.2 Å². The molecule has 0 spiro atoms. The van der Waals surface area contributed by atoms with E-state index in [0.717, 1.165) is 48.8 Å². The molecule has 33 heavy (non-hydrogen) atoms. The molecule has 2 aromatic carbocycles. The highest BCUT2D eigenvalue weighted by Crippen LogP contribution is 2.34. The summed E-state index contributed by atoms with van der Waals surface area (Å²) in [5.74, 6) is 1.74. The second-order valence-electron chi connectivity index (χ2n) is 9.33. The van der Waals surface area contributed by atoms with Crippen LogP contribution in [0.4, 0.5) is 11.4 Å². The first kappa shape index (κ1) is 21.7. The lowest BCUT2D eigenvalue weighted by Crippen LogP contribution is -2.39. The standard InChI is InChI=1S/C27H33N5O/c1-4-23-9-5-6-16-31(23)24-14-15-25-22(18-24)8-7-17-32(25)27(33)21-12-10-20(11-13-21)26-29-28-19(2)30(26)3/h10-15,18,23H,4-9,16-17H2,1-3H3/t23-/m0/s1. The second-order valence-corrected chi connectivity index (χ2v) is 9.33. The third kappa shape index (κ3) is 4.03. The summed E-state index contributed by atoms with van der Waals surface area (Å²) in [5.41, 5.74) is 5.34. The van der Waals surface area contributed by atoms with Crippen LogP contribution in [0.25, 0.3) is 11.4 Å². The van der Waals surface area contributed by atoms with Crippen LogP contribution in [-0.4, -0.2) is 39.8 Å². The number of anilines is 2. The molecule has 6 nitrogen and oxygen atoms in total. The van der Waals surface area contributed by atoms with E-state index in [-0.39, 0.29) is 5.91 Å². The van der Waals surface area contributed by atoms with Gasteiger partial charge in [-0.2, -0.15) is 0 Å². The van der Waals surface area contributed by atoms with Crippen molar-refractivity contribution < 1.29 is 4.79 Å². The van der Waals surface area contributed by atoms with Gasteiger partial charge in [-0.15, -0.1) is 10.2 Å². The Morgan fingerprint density at radius 1 is 1.03 bits per heavy atom. The van der Waals surface area contributed by atoms with Crippen molar-refractivity contribution >= 4 is 17.3 Å². The minimum atomic E-state index is 0.0637. The fraction of sp³-hybridized carbons (Fsp3) is 0.444. The zero-order chi connectivity index (χ0) is 22.9. The van der Waals surface area contributed by atoms with E-state index < -0.39 is 0 Å². The lowest BCUT2D eigenvalue weighted by atomic mass is 9.96. The van der Waals surface area contributed by atoms with Gasteiger partial charge in [0.2, 0.25) is 0 Å². The summed E-state index contributed by atoms with van der Waals surface area (Å²) in [4.78, 5) is 18.0. The maximum atomic E-state index is 13.4. The van der Waals surface area contributed by atoms with Crippen LogP contribution >= 0.6 is 0 Å². The first-order valence-corrected chi connectivity index (χ1v) is 12.2. The van der Waals surface area contributed by atoms with E-state index in [1.807, 2.05) is 47.7 Å². The molecule has 1 aromatic heterocycles. The van der Waals surface area contributed by atoms with E-state index in [1.165, 1.54) is 36.9 Å². The van der Waals surface area contributed by atoms with Crippen LogP contribution in [0, 0.1) is 6.92 Å². The second kappa shape index (κ2) is 9.00. The summed E-state index contributed by atoms with van der Waals surface area (Å²) in [6, 6.07) is 15.1. The molecule has 1 saturated heterocycles. The molecule has 3 aromatic rings. The van der Waals surface area contributed by atoms with Crippen molar-refractivity contribution in [3.05, 3.63) is 59.4 Å². The highest BCUT2D eigenvalue weighted by atomic mass is 16.2. The van der Waals surface area contributed by atoms with Crippen LogP contribution in [0.3, 0.4) is 0 Å². The highest BCUT2D eigenvalue weighted by molar-refractivity contribution is 6.07. The first-order valence-electron chi connectivity index (χ1n) is 12.2. The number of nitrogens with zero attached hydrogens (tertiary/aromatic N) is 5. The maximum Gasteiger partial charge on any atom is 0.258 e. The Labute approximate surface area is 196 Å². The van der Waals surface area contributed by atoms with Crippen molar-refractivity contribution in [1.82, 2.24) is 14.8 Å². The molecule has 0 N–H and O–H groups in total. The number of amides is 1. The number of hydrogen-bond donors (Lipinski definition) is 0. The van der Waals surface area contributed by atoms with Gasteiger partial charge in [0.25, 0.3) is 5.91 Å². The number of fused-ring (bicyclic) bond motifs is 1. The van der Waals surface area contributed by atoms with Crippen LogP contribution in [0.15, 0.2) is 42.5 Å². The van der Waals surface area contributed by atoms with Crippen molar-refractivity contribution in [2.45, 2.75) is 58.4 Å². The molecule has 1 amide bonds. The molecule has 0 bridgehead atoms. The van der Waals surface area contributed by atoms with E-state index in [1.54, 1.807) is 0 Å². The van der Waals surface area contributed by atoms with Crippen LogP contribution in [0.5, 0.6) is 0 Å². The molecule has 6 heteroatoms. The SMILES string of the molecule is CC[C@H]1CCCCN1c1ccc2c(c1)CCCN2C(=O)c1ccc(-c2nnc(C)n2C)cc1. The Balaban J connectivity index is 1.39. The molecule has 3 heterocycles. The summed E-state index contributed by atoms with van der Waals surface area (Å²) in [7, 11) is 1.95. The number of hydrogen-bond acceptors (Lipinski definition) is 4. The fourth-order valence-electron chi connectivity index (χ4n) is 5.31. The lowest BCUT2D eigenvalue weighted by Gasteiger charge is -2.38. The largest absolute Gasteiger partial charge is 0.369 e. The summed E-state index contributed by atoms with van der Waals surface area (Å²) in [5, 5.41) is 8.39. The monoisotopic (exact) mass is 443 g/mol. The van der Waals surface area contributed by atoms with E-state index in [0.29, 0.717) is 11.6 Å². The fourth-order valence-corrected chi connectivity index (χ4v) is 5.31. The predicted molar refractivity (Wildman–Crippen MR) is 133 cm³/mol. The number of piperidine rings is 1. The zero-order valence-corrected chi connectivity index (χ0v) is 19.9. The van der Waals surface area contributed by atoms with Crippen LogP contribution in [0.1, 0.15) is 60.8 Å². The molecule has 5 rings (SSSR count). The summed E-state index contributed by atoms with van der Waals surface area (Å²) < 4.78 is 1.96. The van der Waals surface area contributed by atoms with Gasteiger partial charge in [-0.05, 0) is 81.3 Å². The Morgan fingerprint density at radius 2 is 1.85 bits per heavy atom. The number of aryl methyl sites for hydroxylation is 2. The molecular formula is C27H33N5O. The molecular weight excluding hydrogens is 410 g/mol. The minimum Gasteiger partial charge on any atom is -0.369 e. The Kier molecular flexibility index (Phi) is 5.92. The van der Waals surface area contributed by atoms with E-state index in [4.69, 9.17) is 0 Å². The normalized spacial score (nSPS) is 18.3. The summed E-state index contributed by atoms with van der Waals surface area (Å²) in [6.45, 7) is 6.12. The molecule has 2 aliphatic heterocycles. The summed E-state index contributed by atoms with van der Waals surface area (Å²) >= 11 is 0. The molecule has 0 unspecified atom stereocenters. The topological polar surface area (TPSA) is 54.3 Å². The smallest absolute Gasteiger partial charge is 0.258 e. The van der Waals surface area contributed by atoms with Crippen LogP contribution in [0.2, 0.25) is 0 Å². The molecule has 1 fully saturated rings. The number of benzene rings is 2. The van der Waals surface area contributed by atoms with Gasteiger partial charge < -0.3 is 14.4 Å². The van der Waals surface area contributed by atoms with Gasteiger partial charge in [-0.1, -0.05) is 19.1 Å². The van der Waals surface area contributed by atoms with Crippen LogP contribution in [-0.2, 0) is 13.5 Å². The highest BCUT2D eigenvalue weighted by Gasteiger charge is 2.26. The molecule has 172 valence electrons. The molecule has 0 aliphatic carbocycles. The zero-order valence-electron chi connectivity index (χ0n) is 19.9. The Morgan fingerprint density at radius 3 is 2.58 bits per heavy atom. The molecule has 0 saturated carbocycles. The van der Waals surface area contributed by atoms with Gasteiger partial charge >= 0.3 is 0 Å². The van der Waals surface area contributed by atoms with Crippen molar-refractivity contribution in [3.63, 3.8) is 0 Å². The van der Waals surface area contributed by atoms with Gasteiger partial charge in [0.1, 0.15) is 5.82 Å². The third-order valence-electron chi connectivity index (χ3n) is 7.34. The van der Waals surface area contributed by atoms with Crippen molar-refractivity contribution in [2.24, 2.45) is 7.05 Å². The van der Waals surface area contributed by atoms with E-state index >= 15 is 0 Å². The lowest BCUT2D eigenvalue weighted by molar-refractivity contribution is 0.0985. The number of carbonyl (C=O) groups is 1. The Bertz CT molecular complexity index is 1150.